The molecule has 1 aromatic heterocycles. The van der Waals surface area contributed by atoms with Crippen molar-refractivity contribution in [3.63, 3.8) is 0 Å². The summed E-state index contributed by atoms with van der Waals surface area (Å²) in [4.78, 5) is 0. The minimum absolute atomic E-state index is 0.0833. The molecule has 2 nitrogen and oxygen atoms in total. The first-order chi connectivity index (χ1) is 9.06. The molecule has 1 N–H and O–H groups in total. The van der Waals surface area contributed by atoms with Crippen LogP contribution in [0.5, 0.6) is 5.75 Å². The topological polar surface area (TPSA) is 21.3 Å². The van der Waals surface area contributed by atoms with Crippen LogP contribution in [0.25, 0.3) is 0 Å². The van der Waals surface area contributed by atoms with Crippen molar-refractivity contribution in [3.05, 3.63) is 47.4 Å². The fourth-order valence-corrected chi connectivity index (χ4v) is 5.19. The molecule has 19 heavy (non-hydrogen) atoms. The Balaban J connectivity index is 2.50. The van der Waals surface area contributed by atoms with Crippen LogP contribution in [0.3, 0.4) is 0 Å². The van der Waals surface area contributed by atoms with Crippen LogP contribution in [0.2, 0.25) is 0 Å². The van der Waals surface area contributed by atoms with Gasteiger partial charge < -0.3 is 10.1 Å². The number of hydrogen-bond donors (Lipinski definition) is 1. The lowest BCUT2D eigenvalue weighted by Gasteiger charge is -2.19. The molecule has 1 aromatic carbocycles. The third-order valence-corrected chi connectivity index (χ3v) is 5.67. The Hall–Kier alpha value is 0.120. The molecule has 0 radical (unpaired) electrons. The van der Waals surface area contributed by atoms with Crippen LogP contribution >= 0.6 is 59.1 Å². The first kappa shape index (κ1) is 15.5. The molecule has 102 valence electrons. The van der Waals surface area contributed by atoms with E-state index in [1.807, 2.05) is 19.2 Å². The van der Waals surface area contributed by atoms with Gasteiger partial charge in [-0.3, -0.25) is 0 Å². The molecule has 2 aromatic rings. The lowest BCUT2D eigenvalue weighted by molar-refractivity contribution is 0.405. The second-order valence-electron chi connectivity index (χ2n) is 3.89. The highest BCUT2D eigenvalue weighted by atomic mass is 79.9. The van der Waals surface area contributed by atoms with Gasteiger partial charge in [-0.05, 0) is 62.7 Å². The van der Waals surface area contributed by atoms with Gasteiger partial charge in [-0.1, -0.05) is 22.0 Å². The van der Waals surface area contributed by atoms with Gasteiger partial charge in [-0.2, -0.15) is 0 Å². The molecule has 1 atom stereocenters. The van der Waals surface area contributed by atoms with E-state index < -0.39 is 0 Å². The first-order valence-corrected chi connectivity index (χ1v) is 8.71. The van der Waals surface area contributed by atoms with E-state index in [4.69, 9.17) is 4.74 Å². The quantitative estimate of drug-likeness (QED) is 0.651. The summed E-state index contributed by atoms with van der Waals surface area (Å²) in [7, 11) is 3.64. The number of nitrogens with one attached hydrogen (secondary N) is 1. The van der Waals surface area contributed by atoms with Gasteiger partial charge in [0.05, 0.1) is 20.7 Å². The van der Waals surface area contributed by atoms with E-state index in [2.05, 4.69) is 65.2 Å². The summed E-state index contributed by atoms with van der Waals surface area (Å²) in [5.41, 5.74) is 2.30. The summed E-state index contributed by atoms with van der Waals surface area (Å²) < 4.78 is 8.71. The molecule has 0 fully saturated rings. The van der Waals surface area contributed by atoms with Gasteiger partial charge in [0.25, 0.3) is 0 Å². The summed E-state index contributed by atoms with van der Waals surface area (Å²) in [5.74, 6) is 0.864. The summed E-state index contributed by atoms with van der Waals surface area (Å²) in [5, 5.41) is 3.34. The Morgan fingerprint density at radius 1 is 1.16 bits per heavy atom. The second kappa shape index (κ2) is 6.72. The van der Waals surface area contributed by atoms with Gasteiger partial charge in [0.1, 0.15) is 5.75 Å². The second-order valence-corrected chi connectivity index (χ2v) is 8.55. The van der Waals surface area contributed by atoms with Gasteiger partial charge in [-0.25, -0.2) is 0 Å². The van der Waals surface area contributed by atoms with Crippen LogP contribution in [-0.2, 0) is 0 Å². The Bertz CT molecular complexity index is 585. The zero-order valence-corrected chi connectivity index (χ0v) is 15.9. The number of thiophene rings is 1. The standard InChI is InChI=1S/C13H12Br3NOS/c1-17-12(9-6-11(15)19-13(9)16)8-4-3-7(14)5-10(8)18-2/h3-6,12,17H,1-2H3. The van der Waals surface area contributed by atoms with E-state index in [1.165, 1.54) is 5.56 Å². The van der Waals surface area contributed by atoms with Gasteiger partial charge in [0.2, 0.25) is 0 Å². The SMILES string of the molecule is CNC(c1ccc(Br)cc1OC)c1cc(Br)sc1Br. The lowest BCUT2D eigenvalue weighted by atomic mass is 10.0. The number of hydrogen-bond acceptors (Lipinski definition) is 3. The summed E-state index contributed by atoms with van der Waals surface area (Å²) in [6.07, 6.45) is 0. The van der Waals surface area contributed by atoms with E-state index in [1.54, 1.807) is 18.4 Å². The summed E-state index contributed by atoms with van der Waals surface area (Å²) >= 11 is 12.3. The Labute approximate surface area is 141 Å². The van der Waals surface area contributed by atoms with E-state index >= 15 is 0 Å². The van der Waals surface area contributed by atoms with Crippen molar-refractivity contribution in [2.75, 3.05) is 14.2 Å². The van der Waals surface area contributed by atoms with E-state index in [0.29, 0.717) is 0 Å². The predicted molar refractivity (Wildman–Crippen MR) is 91.3 cm³/mol. The number of methoxy groups -OCH3 is 1. The van der Waals surface area contributed by atoms with Crippen LogP contribution in [-0.4, -0.2) is 14.2 Å². The fraction of sp³-hybridized carbons (Fsp3) is 0.231. The fourth-order valence-electron chi connectivity index (χ4n) is 1.95. The van der Waals surface area contributed by atoms with E-state index in [0.717, 1.165) is 23.4 Å². The van der Waals surface area contributed by atoms with Crippen molar-refractivity contribution in [1.29, 1.82) is 0 Å². The molecule has 0 amide bonds. The van der Waals surface area contributed by atoms with Crippen molar-refractivity contribution in [1.82, 2.24) is 5.32 Å². The van der Waals surface area contributed by atoms with Gasteiger partial charge in [0.15, 0.2) is 0 Å². The van der Waals surface area contributed by atoms with Crippen LogP contribution in [0, 0.1) is 0 Å². The summed E-state index contributed by atoms with van der Waals surface area (Å²) in [6, 6.07) is 8.28. The first-order valence-electron chi connectivity index (χ1n) is 5.52. The normalized spacial score (nSPS) is 12.5. The van der Waals surface area contributed by atoms with Crippen LogP contribution in [0.1, 0.15) is 17.2 Å². The van der Waals surface area contributed by atoms with Gasteiger partial charge in [0, 0.05) is 10.0 Å². The molecular weight excluding hydrogens is 458 g/mol. The zero-order valence-electron chi connectivity index (χ0n) is 10.3. The highest BCUT2D eigenvalue weighted by Crippen LogP contribution is 2.40. The maximum atomic E-state index is 5.48. The highest BCUT2D eigenvalue weighted by Gasteiger charge is 2.21. The molecule has 1 heterocycles. The van der Waals surface area contributed by atoms with Crippen molar-refractivity contribution in [2.45, 2.75) is 6.04 Å². The predicted octanol–water partition coefficient (Wildman–Crippen LogP) is 5.35. The Morgan fingerprint density at radius 2 is 1.89 bits per heavy atom. The minimum Gasteiger partial charge on any atom is -0.496 e. The van der Waals surface area contributed by atoms with Crippen molar-refractivity contribution < 1.29 is 4.74 Å². The molecule has 0 spiro atoms. The van der Waals surface area contributed by atoms with Crippen LogP contribution in [0.4, 0.5) is 0 Å². The largest absolute Gasteiger partial charge is 0.496 e. The monoisotopic (exact) mass is 467 g/mol. The third-order valence-electron chi connectivity index (χ3n) is 2.79. The maximum Gasteiger partial charge on any atom is 0.125 e. The summed E-state index contributed by atoms with van der Waals surface area (Å²) in [6.45, 7) is 0. The van der Waals surface area contributed by atoms with E-state index in [9.17, 15) is 0 Å². The van der Waals surface area contributed by atoms with Crippen molar-refractivity contribution in [2.24, 2.45) is 0 Å². The smallest absolute Gasteiger partial charge is 0.125 e. The molecular formula is C13H12Br3NOS. The zero-order chi connectivity index (χ0) is 14.0. The van der Waals surface area contributed by atoms with Crippen LogP contribution < -0.4 is 10.1 Å². The average molecular weight is 470 g/mol. The molecule has 6 heteroatoms. The number of benzene rings is 1. The lowest BCUT2D eigenvalue weighted by Crippen LogP contribution is -2.18. The average Bonchev–Trinajstić information content (AvgIpc) is 2.71. The highest BCUT2D eigenvalue weighted by molar-refractivity contribution is 9.12. The Kier molecular flexibility index (Phi) is 5.48. The van der Waals surface area contributed by atoms with Gasteiger partial charge in [-0.15, -0.1) is 11.3 Å². The van der Waals surface area contributed by atoms with Crippen molar-refractivity contribution >= 4 is 59.1 Å². The van der Waals surface area contributed by atoms with E-state index in [-0.39, 0.29) is 6.04 Å². The minimum atomic E-state index is 0.0833. The number of rotatable bonds is 4. The third kappa shape index (κ3) is 3.42. The number of ether oxygens (including phenoxy) is 1. The van der Waals surface area contributed by atoms with Crippen molar-refractivity contribution in [3.8, 4) is 5.75 Å². The molecule has 0 bridgehead atoms. The molecule has 1 unspecified atom stereocenters. The van der Waals surface area contributed by atoms with Gasteiger partial charge >= 0.3 is 0 Å². The maximum absolute atomic E-state index is 5.48. The molecule has 0 aliphatic heterocycles. The number of halogens is 3. The molecule has 0 saturated heterocycles. The molecule has 0 aliphatic carbocycles. The Morgan fingerprint density at radius 3 is 2.42 bits per heavy atom. The molecule has 0 saturated carbocycles. The molecule has 0 aliphatic rings. The molecule has 2 rings (SSSR count). The van der Waals surface area contributed by atoms with Crippen LogP contribution in [0.15, 0.2) is 36.3 Å².